The number of hydrogen-bond donors (Lipinski definition) is 1. The van der Waals surface area contributed by atoms with Gasteiger partial charge < -0.3 is 5.11 Å². The Hall–Kier alpha value is -1.61. The SMILES string of the molecule is O=C(O)CCCc1ccc(CCCCCCCc2ccccc2)s1. The van der Waals surface area contributed by atoms with Crippen LogP contribution in [0.4, 0.5) is 0 Å². The average molecular weight is 345 g/mol. The Morgan fingerprint density at radius 1 is 0.750 bits per heavy atom. The molecule has 2 aromatic rings. The second-order valence-electron chi connectivity index (χ2n) is 6.37. The van der Waals surface area contributed by atoms with Crippen LogP contribution in [0, 0.1) is 0 Å². The molecule has 0 saturated carbocycles. The molecule has 1 heterocycles. The maximum Gasteiger partial charge on any atom is 0.303 e. The summed E-state index contributed by atoms with van der Waals surface area (Å²) < 4.78 is 0. The predicted molar refractivity (Wildman–Crippen MR) is 102 cm³/mol. The number of benzene rings is 1. The molecule has 0 spiro atoms. The van der Waals surface area contributed by atoms with Crippen molar-refractivity contribution in [2.75, 3.05) is 0 Å². The molecule has 24 heavy (non-hydrogen) atoms. The van der Waals surface area contributed by atoms with E-state index in [-0.39, 0.29) is 6.42 Å². The Morgan fingerprint density at radius 2 is 1.33 bits per heavy atom. The number of rotatable bonds is 12. The summed E-state index contributed by atoms with van der Waals surface area (Å²) in [5.41, 5.74) is 1.45. The van der Waals surface area contributed by atoms with Crippen LogP contribution in [-0.4, -0.2) is 11.1 Å². The van der Waals surface area contributed by atoms with Gasteiger partial charge in [0.1, 0.15) is 0 Å². The summed E-state index contributed by atoms with van der Waals surface area (Å²) in [6.45, 7) is 0. The van der Waals surface area contributed by atoms with Crippen molar-refractivity contribution in [1.82, 2.24) is 0 Å². The third kappa shape index (κ3) is 7.78. The van der Waals surface area contributed by atoms with Crippen LogP contribution >= 0.6 is 11.3 Å². The molecule has 2 rings (SSSR count). The minimum absolute atomic E-state index is 0.274. The van der Waals surface area contributed by atoms with Gasteiger partial charge in [0, 0.05) is 16.2 Å². The maximum absolute atomic E-state index is 10.5. The molecule has 1 aromatic heterocycles. The number of hydrogen-bond acceptors (Lipinski definition) is 2. The molecule has 0 radical (unpaired) electrons. The van der Waals surface area contributed by atoms with E-state index in [4.69, 9.17) is 5.11 Å². The molecule has 0 atom stereocenters. The summed E-state index contributed by atoms with van der Waals surface area (Å²) >= 11 is 1.86. The number of aryl methyl sites for hydroxylation is 3. The minimum atomic E-state index is -0.695. The average Bonchev–Trinajstić information content (AvgIpc) is 3.02. The lowest BCUT2D eigenvalue weighted by Gasteiger charge is -2.02. The van der Waals surface area contributed by atoms with Crippen molar-refractivity contribution in [2.45, 2.75) is 64.2 Å². The fourth-order valence-electron chi connectivity index (χ4n) is 2.91. The van der Waals surface area contributed by atoms with E-state index in [0.717, 1.165) is 12.8 Å². The normalized spacial score (nSPS) is 10.8. The first-order valence-electron chi connectivity index (χ1n) is 9.07. The highest BCUT2D eigenvalue weighted by molar-refractivity contribution is 7.11. The zero-order valence-electron chi connectivity index (χ0n) is 14.4. The number of unbranched alkanes of at least 4 members (excludes halogenated alkanes) is 4. The molecule has 0 amide bonds. The van der Waals surface area contributed by atoms with Crippen molar-refractivity contribution in [3.8, 4) is 0 Å². The Kier molecular flexibility index (Phi) is 8.61. The smallest absolute Gasteiger partial charge is 0.303 e. The van der Waals surface area contributed by atoms with Crippen molar-refractivity contribution in [3.63, 3.8) is 0 Å². The summed E-state index contributed by atoms with van der Waals surface area (Å²) in [5.74, 6) is -0.695. The molecule has 0 bridgehead atoms. The first-order valence-corrected chi connectivity index (χ1v) is 9.89. The fraction of sp³-hybridized carbons (Fsp3) is 0.476. The predicted octanol–water partition coefficient (Wildman–Crippen LogP) is 5.89. The van der Waals surface area contributed by atoms with Crippen LogP contribution in [0.25, 0.3) is 0 Å². The van der Waals surface area contributed by atoms with E-state index in [0.29, 0.717) is 0 Å². The van der Waals surface area contributed by atoms with Gasteiger partial charge in [-0.15, -0.1) is 11.3 Å². The molecule has 2 nitrogen and oxygen atoms in total. The van der Waals surface area contributed by atoms with Gasteiger partial charge in [-0.25, -0.2) is 0 Å². The quantitative estimate of drug-likeness (QED) is 0.487. The third-order valence-corrected chi connectivity index (χ3v) is 5.47. The van der Waals surface area contributed by atoms with Crippen LogP contribution in [0.2, 0.25) is 0 Å². The zero-order valence-corrected chi connectivity index (χ0v) is 15.2. The molecule has 0 aliphatic heterocycles. The highest BCUT2D eigenvalue weighted by Crippen LogP contribution is 2.21. The van der Waals surface area contributed by atoms with Crippen molar-refractivity contribution < 1.29 is 9.90 Å². The van der Waals surface area contributed by atoms with Gasteiger partial charge >= 0.3 is 5.97 Å². The Bertz CT molecular complexity index is 589. The zero-order chi connectivity index (χ0) is 17.0. The number of carbonyl (C=O) groups is 1. The summed E-state index contributed by atoms with van der Waals surface area (Å²) in [7, 11) is 0. The minimum Gasteiger partial charge on any atom is -0.481 e. The standard InChI is InChI=1S/C21H28O2S/c22-21(23)15-9-14-20-17-16-19(24-20)13-8-3-1-2-5-10-18-11-6-4-7-12-18/h4,6-7,11-12,16-17H,1-3,5,8-10,13-15H2,(H,22,23). The summed E-state index contributed by atoms with van der Waals surface area (Å²) in [6, 6.07) is 15.1. The van der Waals surface area contributed by atoms with E-state index in [1.165, 1.54) is 60.3 Å². The van der Waals surface area contributed by atoms with Gasteiger partial charge in [-0.3, -0.25) is 4.79 Å². The maximum atomic E-state index is 10.5. The van der Waals surface area contributed by atoms with Gasteiger partial charge in [-0.1, -0.05) is 49.6 Å². The monoisotopic (exact) mass is 344 g/mol. The molecule has 0 unspecified atom stereocenters. The second-order valence-corrected chi connectivity index (χ2v) is 7.62. The van der Waals surface area contributed by atoms with Crippen molar-refractivity contribution in [1.29, 1.82) is 0 Å². The molecule has 3 heteroatoms. The topological polar surface area (TPSA) is 37.3 Å². The van der Waals surface area contributed by atoms with Crippen molar-refractivity contribution in [3.05, 3.63) is 57.8 Å². The molecule has 1 aromatic carbocycles. The lowest BCUT2D eigenvalue weighted by atomic mass is 10.0. The third-order valence-electron chi connectivity index (χ3n) is 4.26. The number of aliphatic carboxylic acids is 1. The van der Waals surface area contributed by atoms with E-state index in [2.05, 4.69) is 42.5 Å². The molecule has 0 aliphatic carbocycles. The number of carboxylic acid groups (broad SMARTS) is 1. The molecule has 0 aliphatic rings. The number of carboxylic acids is 1. The van der Waals surface area contributed by atoms with Crippen LogP contribution in [0.3, 0.4) is 0 Å². The van der Waals surface area contributed by atoms with Crippen LogP contribution in [0.1, 0.15) is 60.3 Å². The van der Waals surface area contributed by atoms with E-state index in [1.54, 1.807) is 0 Å². The summed E-state index contributed by atoms with van der Waals surface area (Å²) in [5, 5.41) is 8.67. The molecule has 1 N–H and O–H groups in total. The first-order chi connectivity index (χ1) is 11.7. The second kappa shape index (κ2) is 11.0. The first kappa shape index (κ1) is 18.7. The summed E-state index contributed by atoms with van der Waals surface area (Å²) in [6.07, 6.45) is 10.8. The van der Waals surface area contributed by atoms with Gasteiger partial charge in [-0.2, -0.15) is 0 Å². The van der Waals surface area contributed by atoms with E-state index in [9.17, 15) is 4.79 Å². The highest BCUT2D eigenvalue weighted by Gasteiger charge is 2.03. The van der Waals surface area contributed by atoms with Crippen molar-refractivity contribution in [2.24, 2.45) is 0 Å². The molecule has 0 fully saturated rings. The molecular formula is C21H28O2S. The Balaban J connectivity index is 1.50. The lowest BCUT2D eigenvalue weighted by molar-refractivity contribution is -0.137. The molecular weight excluding hydrogens is 316 g/mol. The lowest BCUT2D eigenvalue weighted by Crippen LogP contribution is -1.94. The molecule has 130 valence electrons. The van der Waals surface area contributed by atoms with Gasteiger partial charge in [0.25, 0.3) is 0 Å². The Labute approximate surface area is 149 Å². The van der Waals surface area contributed by atoms with E-state index in [1.807, 2.05) is 11.3 Å². The van der Waals surface area contributed by atoms with Gasteiger partial charge in [-0.05, 0) is 56.2 Å². The van der Waals surface area contributed by atoms with Gasteiger partial charge in [0.05, 0.1) is 0 Å². The van der Waals surface area contributed by atoms with Gasteiger partial charge in [0.15, 0.2) is 0 Å². The largest absolute Gasteiger partial charge is 0.481 e. The molecule has 0 saturated heterocycles. The van der Waals surface area contributed by atoms with E-state index >= 15 is 0 Å². The number of thiophene rings is 1. The Morgan fingerprint density at radius 3 is 2.00 bits per heavy atom. The van der Waals surface area contributed by atoms with Crippen LogP contribution in [-0.2, 0) is 24.1 Å². The summed E-state index contributed by atoms with van der Waals surface area (Å²) in [4.78, 5) is 13.3. The van der Waals surface area contributed by atoms with Crippen LogP contribution < -0.4 is 0 Å². The van der Waals surface area contributed by atoms with Crippen molar-refractivity contribution >= 4 is 17.3 Å². The fourth-order valence-corrected chi connectivity index (χ4v) is 4.01. The van der Waals surface area contributed by atoms with Gasteiger partial charge in [0.2, 0.25) is 0 Å². The van der Waals surface area contributed by atoms with Crippen LogP contribution in [0.15, 0.2) is 42.5 Å². The van der Waals surface area contributed by atoms with E-state index < -0.39 is 5.97 Å². The highest BCUT2D eigenvalue weighted by atomic mass is 32.1. The van der Waals surface area contributed by atoms with Crippen LogP contribution in [0.5, 0.6) is 0 Å².